The van der Waals surface area contributed by atoms with E-state index in [4.69, 9.17) is 0 Å². The van der Waals surface area contributed by atoms with Crippen LogP contribution in [0.25, 0.3) is 0 Å². The van der Waals surface area contributed by atoms with Gasteiger partial charge < -0.3 is 4.90 Å². The zero-order valence-corrected chi connectivity index (χ0v) is 16.6. The zero-order chi connectivity index (χ0) is 20.7. The number of thioether (sulfide) groups is 1. The van der Waals surface area contributed by atoms with Gasteiger partial charge in [-0.15, -0.1) is 11.8 Å². The molecule has 5 nitrogen and oxygen atoms in total. The molecule has 1 heterocycles. The summed E-state index contributed by atoms with van der Waals surface area (Å²) in [5, 5.41) is 0.155. The van der Waals surface area contributed by atoms with Crippen LogP contribution in [0.4, 0.5) is 24.5 Å². The van der Waals surface area contributed by atoms with Crippen LogP contribution in [0, 0.1) is 0 Å². The van der Waals surface area contributed by atoms with Crippen LogP contribution in [0.5, 0.6) is 0 Å². The Hall–Kier alpha value is -2.20. The van der Waals surface area contributed by atoms with Crippen molar-refractivity contribution in [1.82, 2.24) is 0 Å². The predicted octanol–water partition coefficient (Wildman–Crippen LogP) is 4.35. The molecular weight excluding hydrogens is 413 g/mol. The first-order valence-electron chi connectivity index (χ1n) is 8.26. The highest BCUT2D eigenvalue weighted by Crippen LogP contribution is 2.40. The molecule has 2 aromatic carbocycles. The molecule has 2 aromatic rings. The number of fused-ring (bicyclic) bond motifs is 1. The Morgan fingerprint density at radius 2 is 1.93 bits per heavy atom. The van der Waals surface area contributed by atoms with Gasteiger partial charge in [0.15, 0.2) is 0 Å². The number of anilines is 2. The molecule has 1 N–H and O–H groups in total. The maximum Gasteiger partial charge on any atom is 0.416 e. The molecule has 0 radical (unpaired) electrons. The van der Waals surface area contributed by atoms with Crippen LogP contribution in [0.3, 0.4) is 0 Å². The summed E-state index contributed by atoms with van der Waals surface area (Å²) in [5.74, 6) is -0.214. The molecule has 1 aliphatic heterocycles. The van der Waals surface area contributed by atoms with Gasteiger partial charge in [-0.05, 0) is 36.4 Å². The normalized spacial score (nSPS) is 17.2. The second-order valence-corrected chi connectivity index (χ2v) is 9.53. The smallest absolute Gasteiger partial charge is 0.310 e. The third-order valence-corrected chi connectivity index (χ3v) is 6.65. The highest BCUT2D eigenvalue weighted by Gasteiger charge is 2.31. The van der Waals surface area contributed by atoms with Gasteiger partial charge in [0.25, 0.3) is 10.0 Å². The first kappa shape index (κ1) is 20.5. The Bertz CT molecular complexity index is 1020. The molecule has 10 heteroatoms. The number of nitrogens with zero attached hydrogens (tertiary/aromatic N) is 1. The van der Waals surface area contributed by atoms with Crippen LogP contribution in [-0.4, -0.2) is 26.1 Å². The van der Waals surface area contributed by atoms with Crippen molar-refractivity contribution >= 4 is 39.1 Å². The lowest BCUT2D eigenvalue weighted by molar-refractivity contribution is -0.137. The number of alkyl halides is 3. The summed E-state index contributed by atoms with van der Waals surface area (Å²) < 4.78 is 66.1. The van der Waals surface area contributed by atoms with Gasteiger partial charge >= 0.3 is 6.18 Å². The minimum atomic E-state index is -4.58. The molecule has 0 aliphatic carbocycles. The van der Waals surface area contributed by atoms with Crippen molar-refractivity contribution in [3.05, 3.63) is 48.0 Å². The standard InChI is InChI=1S/C18H17F3N2O3S2/c1-11-10-23(12(2)24)16-9-15(6-7-17(16)27-11)28(25,26)22-14-5-3-4-13(8-14)18(19,20)21/h3-9,11,22H,10H2,1-2H3/t11-/m1/s1. The number of hydrogen-bond acceptors (Lipinski definition) is 4. The Kier molecular flexibility index (Phi) is 5.37. The highest BCUT2D eigenvalue weighted by atomic mass is 32.2. The largest absolute Gasteiger partial charge is 0.416 e. The fraction of sp³-hybridized carbons (Fsp3) is 0.278. The molecular formula is C18H17F3N2O3S2. The molecule has 0 saturated carbocycles. The number of hydrogen-bond donors (Lipinski definition) is 1. The number of benzene rings is 2. The first-order chi connectivity index (χ1) is 13.0. The van der Waals surface area contributed by atoms with E-state index in [1.165, 1.54) is 41.8 Å². The molecule has 150 valence electrons. The molecule has 28 heavy (non-hydrogen) atoms. The van der Waals surface area contributed by atoms with E-state index in [2.05, 4.69) is 4.72 Å². The van der Waals surface area contributed by atoms with Gasteiger partial charge in [-0.25, -0.2) is 8.42 Å². The van der Waals surface area contributed by atoms with Gasteiger partial charge in [-0.2, -0.15) is 13.2 Å². The van der Waals surface area contributed by atoms with E-state index in [1.54, 1.807) is 6.07 Å². The fourth-order valence-electron chi connectivity index (χ4n) is 2.86. The lowest BCUT2D eigenvalue weighted by Gasteiger charge is -2.32. The summed E-state index contributed by atoms with van der Waals surface area (Å²) in [6, 6.07) is 8.30. The van der Waals surface area contributed by atoms with E-state index in [1.807, 2.05) is 6.92 Å². The Morgan fingerprint density at radius 1 is 1.21 bits per heavy atom. The Morgan fingerprint density at radius 3 is 2.57 bits per heavy atom. The summed E-state index contributed by atoms with van der Waals surface area (Å²) in [6.45, 7) is 3.80. The van der Waals surface area contributed by atoms with E-state index in [0.717, 1.165) is 23.1 Å². The lowest BCUT2D eigenvalue weighted by atomic mass is 10.2. The van der Waals surface area contributed by atoms with Crippen molar-refractivity contribution in [2.24, 2.45) is 0 Å². The molecule has 1 aliphatic rings. The quantitative estimate of drug-likeness (QED) is 0.786. The maximum absolute atomic E-state index is 12.8. The monoisotopic (exact) mass is 430 g/mol. The summed E-state index contributed by atoms with van der Waals surface area (Å²) in [4.78, 5) is 14.1. The zero-order valence-electron chi connectivity index (χ0n) is 14.9. The highest BCUT2D eigenvalue weighted by molar-refractivity contribution is 8.00. The SMILES string of the molecule is CC(=O)N1C[C@@H](C)Sc2ccc(S(=O)(=O)Nc3cccc(C(F)(F)F)c3)cc21. The van der Waals surface area contributed by atoms with Crippen molar-refractivity contribution in [2.75, 3.05) is 16.2 Å². The Balaban J connectivity index is 1.95. The van der Waals surface area contributed by atoms with E-state index in [0.29, 0.717) is 12.2 Å². The number of nitrogens with one attached hydrogen (secondary N) is 1. The molecule has 0 unspecified atom stereocenters. The summed E-state index contributed by atoms with van der Waals surface area (Å²) in [6.07, 6.45) is -4.58. The van der Waals surface area contributed by atoms with Crippen molar-refractivity contribution < 1.29 is 26.4 Å². The average molecular weight is 430 g/mol. The second-order valence-electron chi connectivity index (χ2n) is 6.37. The predicted molar refractivity (Wildman–Crippen MR) is 102 cm³/mol. The van der Waals surface area contributed by atoms with Crippen LogP contribution < -0.4 is 9.62 Å². The number of halogens is 3. The van der Waals surface area contributed by atoms with Gasteiger partial charge in [-0.1, -0.05) is 13.0 Å². The third kappa shape index (κ3) is 4.27. The van der Waals surface area contributed by atoms with Gasteiger partial charge in [0, 0.05) is 29.3 Å². The molecule has 1 atom stereocenters. The summed E-state index contributed by atoms with van der Waals surface area (Å²) in [5.41, 5.74) is -0.673. The topological polar surface area (TPSA) is 66.5 Å². The number of carbonyl (C=O) groups is 1. The molecule has 0 aromatic heterocycles. The van der Waals surface area contributed by atoms with Crippen molar-refractivity contribution in [1.29, 1.82) is 0 Å². The van der Waals surface area contributed by atoms with Crippen LogP contribution in [0.15, 0.2) is 52.3 Å². The minimum absolute atomic E-state index is 0.134. The molecule has 3 rings (SSSR count). The maximum atomic E-state index is 12.8. The molecule has 0 saturated heterocycles. The number of amides is 1. The van der Waals surface area contributed by atoms with Crippen LogP contribution >= 0.6 is 11.8 Å². The Labute approximate surface area is 165 Å². The second kappa shape index (κ2) is 7.32. The van der Waals surface area contributed by atoms with Crippen molar-refractivity contribution in [2.45, 2.75) is 35.1 Å². The minimum Gasteiger partial charge on any atom is -0.310 e. The summed E-state index contributed by atoms with van der Waals surface area (Å²) in [7, 11) is -4.14. The third-order valence-electron chi connectivity index (χ3n) is 4.12. The van der Waals surface area contributed by atoms with E-state index < -0.39 is 21.8 Å². The van der Waals surface area contributed by atoms with Gasteiger partial charge in [0.2, 0.25) is 5.91 Å². The number of sulfonamides is 1. The van der Waals surface area contributed by atoms with Crippen molar-refractivity contribution in [3.8, 4) is 0 Å². The van der Waals surface area contributed by atoms with Crippen LogP contribution in [0.2, 0.25) is 0 Å². The summed E-state index contributed by atoms with van der Waals surface area (Å²) >= 11 is 1.53. The van der Waals surface area contributed by atoms with Gasteiger partial charge in [0.1, 0.15) is 0 Å². The van der Waals surface area contributed by atoms with Crippen LogP contribution in [-0.2, 0) is 21.0 Å². The van der Waals surface area contributed by atoms with Crippen molar-refractivity contribution in [3.63, 3.8) is 0 Å². The molecule has 0 bridgehead atoms. The number of carbonyl (C=O) groups excluding carboxylic acids is 1. The van der Waals surface area contributed by atoms with E-state index >= 15 is 0 Å². The molecule has 0 fully saturated rings. The number of rotatable bonds is 3. The first-order valence-corrected chi connectivity index (χ1v) is 10.6. The van der Waals surface area contributed by atoms with E-state index in [9.17, 15) is 26.4 Å². The lowest BCUT2D eigenvalue weighted by Crippen LogP contribution is -2.37. The molecule has 1 amide bonds. The fourth-order valence-corrected chi connectivity index (χ4v) is 5.02. The average Bonchev–Trinajstić information content (AvgIpc) is 2.59. The van der Waals surface area contributed by atoms with E-state index in [-0.39, 0.29) is 21.7 Å². The van der Waals surface area contributed by atoms with Gasteiger partial charge in [-0.3, -0.25) is 9.52 Å². The van der Waals surface area contributed by atoms with Crippen LogP contribution in [0.1, 0.15) is 19.4 Å². The van der Waals surface area contributed by atoms with Gasteiger partial charge in [0.05, 0.1) is 16.1 Å². The molecule has 0 spiro atoms.